The first-order chi connectivity index (χ1) is 8.58. The summed E-state index contributed by atoms with van der Waals surface area (Å²) < 4.78 is 0. The number of rotatable bonds is 8. The predicted molar refractivity (Wildman–Crippen MR) is 79.8 cm³/mol. The van der Waals surface area contributed by atoms with Crippen molar-refractivity contribution in [1.82, 2.24) is 5.32 Å². The predicted octanol–water partition coefficient (Wildman–Crippen LogP) is 2.69. The fourth-order valence-electron chi connectivity index (χ4n) is 2.36. The fourth-order valence-corrected chi connectivity index (χ4v) is 3.89. The molecule has 106 valence electrons. The Bertz CT molecular complexity index is 254. The van der Waals surface area contributed by atoms with Gasteiger partial charge >= 0.3 is 0 Å². The smallest absolute Gasteiger partial charge is 0.237 e. The lowest BCUT2D eigenvalue weighted by Gasteiger charge is -2.28. The van der Waals surface area contributed by atoms with E-state index in [1.54, 1.807) is 0 Å². The second-order valence-electron chi connectivity index (χ2n) is 5.50. The van der Waals surface area contributed by atoms with Gasteiger partial charge in [0.05, 0.1) is 5.54 Å². The Labute approximate surface area is 116 Å². The number of primary amides is 1. The van der Waals surface area contributed by atoms with Crippen LogP contribution in [-0.2, 0) is 4.79 Å². The number of carbonyl (C=O) groups excluding carboxylic acids is 1. The van der Waals surface area contributed by atoms with Crippen molar-refractivity contribution in [2.24, 2.45) is 5.73 Å². The van der Waals surface area contributed by atoms with Crippen molar-refractivity contribution in [2.75, 3.05) is 12.3 Å². The van der Waals surface area contributed by atoms with Crippen LogP contribution in [0.1, 0.15) is 58.8 Å². The molecule has 1 rings (SSSR count). The Balaban J connectivity index is 2.30. The van der Waals surface area contributed by atoms with Crippen molar-refractivity contribution < 1.29 is 4.79 Å². The maximum atomic E-state index is 11.6. The van der Waals surface area contributed by atoms with Crippen molar-refractivity contribution in [1.29, 1.82) is 0 Å². The van der Waals surface area contributed by atoms with Crippen LogP contribution in [0.3, 0.4) is 0 Å². The maximum Gasteiger partial charge on any atom is 0.237 e. The molecular formula is C14H28N2OS. The minimum Gasteiger partial charge on any atom is -0.368 e. The van der Waals surface area contributed by atoms with E-state index < -0.39 is 5.54 Å². The first kappa shape index (κ1) is 15.8. The molecule has 18 heavy (non-hydrogen) atoms. The van der Waals surface area contributed by atoms with Crippen molar-refractivity contribution in [3.63, 3.8) is 0 Å². The molecule has 1 unspecified atom stereocenters. The molecule has 1 aliphatic carbocycles. The summed E-state index contributed by atoms with van der Waals surface area (Å²) in [6.45, 7) is 4.89. The lowest BCUT2D eigenvalue weighted by molar-refractivity contribution is -0.123. The van der Waals surface area contributed by atoms with Crippen LogP contribution in [0.5, 0.6) is 0 Å². The van der Waals surface area contributed by atoms with Crippen LogP contribution < -0.4 is 11.1 Å². The third-order valence-corrected chi connectivity index (χ3v) is 5.20. The summed E-state index contributed by atoms with van der Waals surface area (Å²) in [5.74, 6) is 0.807. The van der Waals surface area contributed by atoms with Gasteiger partial charge in [-0.1, -0.05) is 26.2 Å². The third kappa shape index (κ3) is 5.19. The molecule has 0 heterocycles. The summed E-state index contributed by atoms with van der Waals surface area (Å²) >= 11 is 2.03. The number of hydrogen-bond acceptors (Lipinski definition) is 3. The lowest BCUT2D eigenvalue weighted by atomic mass is 9.98. The van der Waals surface area contributed by atoms with Gasteiger partial charge in [-0.25, -0.2) is 0 Å². The largest absolute Gasteiger partial charge is 0.368 e. The Morgan fingerprint density at radius 2 is 2.06 bits per heavy atom. The van der Waals surface area contributed by atoms with Crippen molar-refractivity contribution in [3.8, 4) is 0 Å². The van der Waals surface area contributed by atoms with Crippen LogP contribution in [0.2, 0.25) is 0 Å². The Hall–Kier alpha value is -0.220. The van der Waals surface area contributed by atoms with Crippen LogP contribution in [-0.4, -0.2) is 29.0 Å². The van der Waals surface area contributed by atoms with Gasteiger partial charge < -0.3 is 11.1 Å². The first-order valence-electron chi connectivity index (χ1n) is 7.25. The van der Waals surface area contributed by atoms with E-state index in [1.807, 2.05) is 18.7 Å². The van der Waals surface area contributed by atoms with Crippen LogP contribution in [0.15, 0.2) is 0 Å². The second-order valence-corrected chi connectivity index (χ2v) is 6.91. The molecular weight excluding hydrogens is 244 g/mol. The molecule has 1 amide bonds. The molecule has 0 bridgehead atoms. The van der Waals surface area contributed by atoms with Gasteiger partial charge in [-0.15, -0.1) is 0 Å². The van der Waals surface area contributed by atoms with Gasteiger partial charge in [0.1, 0.15) is 0 Å². The van der Waals surface area contributed by atoms with Gasteiger partial charge in [-0.2, -0.15) is 11.8 Å². The zero-order valence-electron chi connectivity index (χ0n) is 11.8. The Morgan fingerprint density at radius 3 is 2.61 bits per heavy atom. The van der Waals surface area contributed by atoms with Crippen molar-refractivity contribution >= 4 is 17.7 Å². The number of amides is 1. The van der Waals surface area contributed by atoms with E-state index in [-0.39, 0.29) is 5.91 Å². The number of nitrogens with one attached hydrogen (secondary N) is 1. The molecule has 3 nitrogen and oxygen atoms in total. The molecule has 4 heteroatoms. The second kappa shape index (κ2) is 8.05. The van der Waals surface area contributed by atoms with Crippen LogP contribution in [0.4, 0.5) is 0 Å². The zero-order chi connectivity index (χ0) is 13.4. The first-order valence-corrected chi connectivity index (χ1v) is 8.30. The van der Waals surface area contributed by atoms with Gasteiger partial charge in [-0.3, -0.25) is 4.79 Å². The molecule has 0 radical (unpaired) electrons. The van der Waals surface area contributed by atoms with Gasteiger partial charge in [-0.05, 0) is 44.9 Å². The van der Waals surface area contributed by atoms with E-state index in [9.17, 15) is 4.79 Å². The monoisotopic (exact) mass is 272 g/mol. The maximum absolute atomic E-state index is 11.6. The molecule has 1 fully saturated rings. The van der Waals surface area contributed by atoms with Gasteiger partial charge in [0.15, 0.2) is 0 Å². The number of carbonyl (C=O) groups is 1. The highest BCUT2D eigenvalue weighted by atomic mass is 32.2. The zero-order valence-corrected chi connectivity index (χ0v) is 12.7. The van der Waals surface area contributed by atoms with Crippen molar-refractivity contribution in [3.05, 3.63) is 0 Å². The molecule has 1 saturated carbocycles. The van der Waals surface area contributed by atoms with E-state index in [0.717, 1.165) is 30.4 Å². The summed E-state index contributed by atoms with van der Waals surface area (Å²) in [5.41, 5.74) is 4.99. The average molecular weight is 272 g/mol. The quantitative estimate of drug-likeness (QED) is 0.714. The SMILES string of the molecule is CCCNC(C)(CCSC1CCCCC1)C(N)=O. The Morgan fingerprint density at radius 1 is 1.39 bits per heavy atom. The molecule has 1 aliphatic rings. The highest BCUT2D eigenvalue weighted by Crippen LogP contribution is 2.29. The molecule has 0 aromatic heterocycles. The van der Waals surface area contributed by atoms with Gasteiger partial charge in [0, 0.05) is 5.25 Å². The van der Waals surface area contributed by atoms with E-state index in [1.165, 1.54) is 32.1 Å². The molecule has 0 aliphatic heterocycles. The molecule has 0 aromatic rings. The summed E-state index contributed by atoms with van der Waals surface area (Å²) in [4.78, 5) is 11.6. The van der Waals surface area contributed by atoms with Crippen LogP contribution >= 0.6 is 11.8 Å². The summed E-state index contributed by atoms with van der Waals surface area (Å²) in [7, 11) is 0. The van der Waals surface area contributed by atoms with Crippen LogP contribution in [0, 0.1) is 0 Å². The van der Waals surface area contributed by atoms with Gasteiger partial charge in [0.25, 0.3) is 0 Å². The fraction of sp³-hybridized carbons (Fsp3) is 0.929. The molecule has 0 aromatic carbocycles. The minimum atomic E-state index is -0.530. The summed E-state index contributed by atoms with van der Waals surface area (Å²) in [6, 6.07) is 0. The summed E-state index contributed by atoms with van der Waals surface area (Å²) in [6.07, 6.45) is 8.70. The number of nitrogens with two attached hydrogens (primary N) is 1. The van der Waals surface area contributed by atoms with Gasteiger partial charge in [0.2, 0.25) is 5.91 Å². The molecule has 3 N–H and O–H groups in total. The topological polar surface area (TPSA) is 55.1 Å². The van der Waals surface area contributed by atoms with E-state index >= 15 is 0 Å². The summed E-state index contributed by atoms with van der Waals surface area (Å²) in [5, 5.41) is 4.10. The average Bonchev–Trinajstić information content (AvgIpc) is 2.37. The molecule has 1 atom stereocenters. The highest BCUT2D eigenvalue weighted by molar-refractivity contribution is 7.99. The Kier molecular flexibility index (Phi) is 7.08. The third-order valence-electron chi connectivity index (χ3n) is 3.82. The van der Waals surface area contributed by atoms with E-state index in [0.29, 0.717) is 0 Å². The lowest BCUT2D eigenvalue weighted by Crippen LogP contribution is -2.53. The number of hydrogen-bond donors (Lipinski definition) is 2. The minimum absolute atomic E-state index is 0.222. The normalized spacial score (nSPS) is 20.6. The number of thioether (sulfide) groups is 1. The standard InChI is InChI=1S/C14H28N2OS/c1-3-10-16-14(2,13(15)17)9-11-18-12-7-5-4-6-8-12/h12,16H,3-11H2,1-2H3,(H2,15,17). The molecule has 0 spiro atoms. The van der Waals surface area contributed by atoms with E-state index in [4.69, 9.17) is 5.73 Å². The molecule has 0 saturated heterocycles. The van der Waals surface area contributed by atoms with Crippen LogP contribution in [0.25, 0.3) is 0 Å². The highest BCUT2D eigenvalue weighted by Gasteiger charge is 2.30. The van der Waals surface area contributed by atoms with E-state index in [2.05, 4.69) is 12.2 Å². The van der Waals surface area contributed by atoms with Crippen molar-refractivity contribution in [2.45, 2.75) is 69.6 Å².